The third kappa shape index (κ3) is 2.36. The minimum atomic E-state index is -0.295. The standard InChI is InChI=1S/C19H12FN3O/c20-16-4-2-15(3-5-16)19-18(14-7-9-21-10-8-14)17-6-1-13(12-24)11-23(17)22-19/h1-12H. The minimum Gasteiger partial charge on any atom is -0.298 e. The lowest BCUT2D eigenvalue weighted by atomic mass is 10.0. The van der Waals surface area contributed by atoms with Crippen molar-refractivity contribution in [1.29, 1.82) is 0 Å². The van der Waals surface area contributed by atoms with E-state index >= 15 is 0 Å². The summed E-state index contributed by atoms with van der Waals surface area (Å²) in [4.78, 5) is 15.1. The highest BCUT2D eigenvalue weighted by Crippen LogP contribution is 2.34. The Labute approximate surface area is 137 Å². The fraction of sp³-hybridized carbons (Fsp3) is 0. The van der Waals surface area contributed by atoms with Crippen molar-refractivity contribution in [3.8, 4) is 22.4 Å². The topological polar surface area (TPSA) is 47.3 Å². The van der Waals surface area contributed by atoms with Crippen molar-refractivity contribution in [3.05, 3.63) is 78.5 Å². The highest BCUT2D eigenvalue weighted by Gasteiger charge is 2.16. The zero-order valence-electron chi connectivity index (χ0n) is 12.6. The van der Waals surface area contributed by atoms with Crippen molar-refractivity contribution in [2.24, 2.45) is 0 Å². The Morgan fingerprint density at radius 3 is 2.38 bits per heavy atom. The number of carbonyl (C=O) groups excluding carboxylic acids is 1. The van der Waals surface area contributed by atoms with Gasteiger partial charge in [0.05, 0.1) is 5.52 Å². The van der Waals surface area contributed by atoms with E-state index in [1.54, 1.807) is 41.3 Å². The smallest absolute Gasteiger partial charge is 0.151 e. The van der Waals surface area contributed by atoms with E-state index in [1.165, 1.54) is 12.1 Å². The van der Waals surface area contributed by atoms with E-state index in [0.717, 1.165) is 34.2 Å². The molecule has 0 aliphatic heterocycles. The molecule has 0 unspecified atom stereocenters. The Kier molecular flexibility index (Phi) is 3.39. The number of aldehydes is 1. The van der Waals surface area contributed by atoms with Gasteiger partial charge in [0, 0.05) is 35.3 Å². The molecule has 4 rings (SSSR count). The molecule has 0 aliphatic carbocycles. The van der Waals surface area contributed by atoms with Gasteiger partial charge in [-0.05, 0) is 54.1 Å². The van der Waals surface area contributed by atoms with Crippen LogP contribution >= 0.6 is 0 Å². The van der Waals surface area contributed by atoms with Gasteiger partial charge >= 0.3 is 0 Å². The normalized spacial score (nSPS) is 10.9. The molecule has 0 radical (unpaired) electrons. The van der Waals surface area contributed by atoms with E-state index in [1.807, 2.05) is 18.2 Å². The fourth-order valence-electron chi connectivity index (χ4n) is 2.75. The summed E-state index contributed by atoms with van der Waals surface area (Å²) >= 11 is 0. The third-order valence-electron chi connectivity index (χ3n) is 3.88. The molecule has 0 N–H and O–H groups in total. The molecule has 24 heavy (non-hydrogen) atoms. The monoisotopic (exact) mass is 317 g/mol. The highest BCUT2D eigenvalue weighted by molar-refractivity contribution is 5.92. The molecule has 0 fully saturated rings. The van der Waals surface area contributed by atoms with Gasteiger partial charge in [0.2, 0.25) is 0 Å². The van der Waals surface area contributed by atoms with Gasteiger partial charge in [0.25, 0.3) is 0 Å². The van der Waals surface area contributed by atoms with Crippen molar-refractivity contribution in [2.75, 3.05) is 0 Å². The summed E-state index contributed by atoms with van der Waals surface area (Å²) in [6, 6.07) is 13.6. The van der Waals surface area contributed by atoms with Crippen LogP contribution in [0.25, 0.3) is 27.9 Å². The van der Waals surface area contributed by atoms with Crippen LogP contribution in [0.3, 0.4) is 0 Å². The molecular weight excluding hydrogens is 305 g/mol. The molecular formula is C19H12FN3O. The molecule has 3 aromatic heterocycles. The van der Waals surface area contributed by atoms with Gasteiger partial charge in [0.1, 0.15) is 11.5 Å². The quantitative estimate of drug-likeness (QED) is 0.536. The summed E-state index contributed by atoms with van der Waals surface area (Å²) in [5, 5.41) is 4.61. The van der Waals surface area contributed by atoms with Crippen molar-refractivity contribution in [2.45, 2.75) is 0 Å². The number of hydrogen-bond acceptors (Lipinski definition) is 3. The molecule has 0 saturated carbocycles. The van der Waals surface area contributed by atoms with Gasteiger partial charge in [-0.25, -0.2) is 8.91 Å². The number of rotatable bonds is 3. The van der Waals surface area contributed by atoms with Crippen LogP contribution in [-0.2, 0) is 0 Å². The molecule has 3 heterocycles. The van der Waals surface area contributed by atoms with Gasteiger partial charge in [-0.15, -0.1) is 0 Å². The van der Waals surface area contributed by atoms with Crippen LogP contribution in [0.1, 0.15) is 10.4 Å². The first kappa shape index (κ1) is 14.3. The van der Waals surface area contributed by atoms with Crippen LogP contribution in [0.2, 0.25) is 0 Å². The predicted molar refractivity (Wildman–Crippen MR) is 89.2 cm³/mol. The number of halogens is 1. The lowest BCUT2D eigenvalue weighted by Gasteiger charge is -2.03. The lowest BCUT2D eigenvalue weighted by Crippen LogP contribution is -1.90. The largest absolute Gasteiger partial charge is 0.298 e. The number of aromatic nitrogens is 3. The number of fused-ring (bicyclic) bond motifs is 1. The van der Waals surface area contributed by atoms with Crippen molar-refractivity contribution in [1.82, 2.24) is 14.6 Å². The maximum Gasteiger partial charge on any atom is 0.151 e. The molecule has 0 atom stereocenters. The SMILES string of the molecule is O=Cc1ccc2c(-c3ccncc3)c(-c3ccc(F)cc3)nn2c1. The van der Waals surface area contributed by atoms with Crippen LogP contribution in [0, 0.1) is 5.82 Å². The summed E-state index contributed by atoms with van der Waals surface area (Å²) in [5.41, 5.74) is 4.81. The Morgan fingerprint density at radius 1 is 0.917 bits per heavy atom. The van der Waals surface area contributed by atoms with Crippen LogP contribution in [0.5, 0.6) is 0 Å². The molecule has 0 saturated heterocycles. The Morgan fingerprint density at radius 2 is 1.67 bits per heavy atom. The number of benzene rings is 1. The van der Waals surface area contributed by atoms with E-state index in [0.29, 0.717) is 5.56 Å². The average molecular weight is 317 g/mol. The summed E-state index contributed by atoms with van der Waals surface area (Å²) in [5.74, 6) is -0.295. The Hall–Kier alpha value is -3.34. The molecule has 0 aliphatic rings. The number of pyridine rings is 2. The minimum absolute atomic E-state index is 0.295. The molecule has 0 amide bonds. The van der Waals surface area contributed by atoms with Crippen molar-refractivity contribution >= 4 is 11.8 Å². The van der Waals surface area contributed by atoms with Crippen LogP contribution in [-0.4, -0.2) is 20.9 Å². The van der Waals surface area contributed by atoms with E-state index < -0.39 is 0 Å². The first-order valence-corrected chi connectivity index (χ1v) is 7.40. The Balaban J connectivity index is 2.04. The molecule has 5 heteroatoms. The number of nitrogens with zero attached hydrogens (tertiary/aromatic N) is 3. The summed E-state index contributed by atoms with van der Waals surface area (Å²) in [6.07, 6.45) is 5.89. The molecule has 0 spiro atoms. The second kappa shape index (κ2) is 5.70. The van der Waals surface area contributed by atoms with E-state index in [4.69, 9.17) is 0 Å². The summed E-state index contributed by atoms with van der Waals surface area (Å²) < 4.78 is 14.9. The molecule has 4 aromatic rings. The average Bonchev–Trinajstić information content (AvgIpc) is 3.01. The summed E-state index contributed by atoms with van der Waals surface area (Å²) in [6.45, 7) is 0. The second-order valence-electron chi connectivity index (χ2n) is 5.38. The van der Waals surface area contributed by atoms with Gasteiger partial charge in [-0.2, -0.15) is 5.10 Å². The third-order valence-corrected chi connectivity index (χ3v) is 3.88. The van der Waals surface area contributed by atoms with E-state index in [2.05, 4.69) is 10.1 Å². The van der Waals surface area contributed by atoms with Crippen LogP contribution in [0.15, 0.2) is 67.1 Å². The molecule has 4 nitrogen and oxygen atoms in total. The zero-order chi connectivity index (χ0) is 16.5. The summed E-state index contributed by atoms with van der Waals surface area (Å²) in [7, 11) is 0. The Bertz CT molecular complexity index is 1020. The van der Waals surface area contributed by atoms with E-state index in [-0.39, 0.29) is 5.82 Å². The van der Waals surface area contributed by atoms with Crippen LogP contribution < -0.4 is 0 Å². The fourth-order valence-corrected chi connectivity index (χ4v) is 2.75. The van der Waals surface area contributed by atoms with Gasteiger partial charge in [0.15, 0.2) is 6.29 Å². The van der Waals surface area contributed by atoms with Gasteiger partial charge < -0.3 is 0 Å². The first-order valence-electron chi connectivity index (χ1n) is 7.40. The van der Waals surface area contributed by atoms with Crippen LogP contribution in [0.4, 0.5) is 4.39 Å². The van der Waals surface area contributed by atoms with Crippen molar-refractivity contribution in [3.63, 3.8) is 0 Å². The molecule has 116 valence electrons. The number of carbonyl (C=O) groups is 1. The highest BCUT2D eigenvalue weighted by atomic mass is 19.1. The number of hydrogen-bond donors (Lipinski definition) is 0. The van der Waals surface area contributed by atoms with Crippen molar-refractivity contribution < 1.29 is 9.18 Å². The first-order chi connectivity index (χ1) is 11.8. The maximum atomic E-state index is 13.3. The molecule has 1 aromatic carbocycles. The zero-order valence-corrected chi connectivity index (χ0v) is 12.6. The lowest BCUT2D eigenvalue weighted by molar-refractivity contribution is 0.112. The molecule has 0 bridgehead atoms. The van der Waals surface area contributed by atoms with Gasteiger partial charge in [-0.1, -0.05) is 0 Å². The predicted octanol–water partition coefficient (Wildman–Crippen LogP) is 4.01. The second-order valence-corrected chi connectivity index (χ2v) is 5.38. The van der Waals surface area contributed by atoms with E-state index in [9.17, 15) is 9.18 Å². The van der Waals surface area contributed by atoms with Gasteiger partial charge in [-0.3, -0.25) is 9.78 Å². The maximum absolute atomic E-state index is 13.3.